The van der Waals surface area contributed by atoms with Gasteiger partial charge in [-0.15, -0.1) is 10.2 Å². The summed E-state index contributed by atoms with van der Waals surface area (Å²) in [5.41, 5.74) is -0.270. The van der Waals surface area contributed by atoms with Gasteiger partial charge < -0.3 is 4.98 Å². The summed E-state index contributed by atoms with van der Waals surface area (Å²) in [7, 11) is 0. The standard InChI is InChI=1S/C11H6F3N5O/c12-6-1-5(2-16-11(6)20)7-4-19-8(3-15-7)17-18-10(19)9(13)14/h1-4,9H,(H,16,20). The van der Waals surface area contributed by atoms with Crippen LogP contribution in [-0.4, -0.2) is 24.6 Å². The first-order chi connectivity index (χ1) is 9.56. The van der Waals surface area contributed by atoms with E-state index in [2.05, 4.69) is 20.2 Å². The second-order valence-corrected chi connectivity index (χ2v) is 3.93. The fraction of sp³-hybridized carbons (Fsp3) is 0.0909. The van der Waals surface area contributed by atoms with Crippen LogP contribution in [0, 0.1) is 5.82 Å². The molecule has 0 aliphatic heterocycles. The molecular formula is C11H6F3N5O. The van der Waals surface area contributed by atoms with Crippen molar-refractivity contribution in [1.29, 1.82) is 0 Å². The molecule has 0 unspecified atom stereocenters. The SMILES string of the molecule is O=c1[nH]cc(-c2cn3c(C(F)F)nnc3cn2)cc1F. The van der Waals surface area contributed by atoms with Crippen molar-refractivity contribution < 1.29 is 13.2 Å². The summed E-state index contributed by atoms with van der Waals surface area (Å²) in [4.78, 5) is 17.1. The fourth-order valence-electron chi connectivity index (χ4n) is 1.72. The molecule has 3 aromatic heterocycles. The highest BCUT2D eigenvalue weighted by molar-refractivity contribution is 5.58. The third-order valence-electron chi connectivity index (χ3n) is 2.67. The Kier molecular flexibility index (Phi) is 2.74. The molecule has 0 fully saturated rings. The molecule has 0 saturated carbocycles. The molecule has 3 aromatic rings. The first-order valence-electron chi connectivity index (χ1n) is 5.43. The zero-order valence-corrected chi connectivity index (χ0v) is 9.72. The first-order valence-corrected chi connectivity index (χ1v) is 5.43. The van der Waals surface area contributed by atoms with Crippen molar-refractivity contribution >= 4 is 5.65 Å². The Morgan fingerprint density at radius 2 is 2.10 bits per heavy atom. The van der Waals surface area contributed by atoms with Crippen molar-refractivity contribution in [2.45, 2.75) is 6.43 Å². The van der Waals surface area contributed by atoms with Gasteiger partial charge in [0.05, 0.1) is 11.9 Å². The van der Waals surface area contributed by atoms with Crippen LogP contribution in [0.2, 0.25) is 0 Å². The number of nitrogens with one attached hydrogen (secondary N) is 1. The normalized spacial score (nSPS) is 11.4. The highest BCUT2D eigenvalue weighted by Crippen LogP contribution is 2.20. The van der Waals surface area contributed by atoms with Gasteiger partial charge in [0, 0.05) is 18.0 Å². The van der Waals surface area contributed by atoms with E-state index < -0.39 is 23.6 Å². The first kappa shape index (κ1) is 12.3. The Labute approximate surface area is 108 Å². The number of alkyl halides is 2. The van der Waals surface area contributed by atoms with Gasteiger partial charge in [-0.2, -0.15) is 0 Å². The van der Waals surface area contributed by atoms with Crippen molar-refractivity contribution in [1.82, 2.24) is 24.6 Å². The van der Waals surface area contributed by atoms with Crippen molar-refractivity contribution in [3.63, 3.8) is 0 Å². The number of aromatic amines is 1. The molecule has 6 nitrogen and oxygen atoms in total. The second-order valence-electron chi connectivity index (χ2n) is 3.93. The highest BCUT2D eigenvalue weighted by Gasteiger charge is 2.16. The molecule has 0 aliphatic carbocycles. The summed E-state index contributed by atoms with van der Waals surface area (Å²) >= 11 is 0. The van der Waals surface area contributed by atoms with Crippen molar-refractivity contribution in [3.8, 4) is 11.3 Å². The third-order valence-corrected chi connectivity index (χ3v) is 2.67. The van der Waals surface area contributed by atoms with Gasteiger partial charge in [0.15, 0.2) is 11.5 Å². The summed E-state index contributed by atoms with van der Waals surface area (Å²) in [5, 5.41) is 6.90. The number of hydrogen-bond donors (Lipinski definition) is 1. The van der Waals surface area contributed by atoms with Gasteiger partial charge in [0.1, 0.15) is 0 Å². The topological polar surface area (TPSA) is 75.9 Å². The summed E-state index contributed by atoms with van der Waals surface area (Å²) in [6.45, 7) is 0. The minimum Gasteiger partial charge on any atom is -0.326 e. The number of halogens is 3. The molecule has 0 aliphatic rings. The molecule has 20 heavy (non-hydrogen) atoms. The average molecular weight is 281 g/mol. The van der Waals surface area contributed by atoms with Crippen LogP contribution in [0.25, 0.3) is 16.9 Å². The Morgan fingerprint density at radius 1 is 1.30 bits per heavy atom. The summed E-state index contributed by atoms with van der Waals surface area (Å²) in [6, 6.07) is 0.972. The molecule has 3 rings (SSSR count). The van der Waals surface area contributed by atoms with E-state index in [1.165, 1.54) is 18.6 Å². The number of pyridine rings is 1. The predicted octanol–water partition coefficient (Wildman–Crippen LogP) is 1.56. The minimum absolute atomic E-state index is 0.147. The quantitative estimate of drug-likeness (QED) is 0.773. The van der Waals surface area contributed by atoms with Crippen LogP contribution in [0.1, 0.15) is 12.2 Å². The van der Waals surface area contributed by atoms with E-state index >= 15 is 0 Å². The van der Waals surface area contributed by atoms with E-state index in [0.29, 0.717) is 0 Å². The highest BCUT2D eigenvalue weighted by atomic mass is 19.3. The Balaban J connectivity index is 2.18. The Morgan fingerprint density at radius 3 is 2.80 bits per heavy atom. The number of H-pyrrole nitrogens is 1. The molecule has 0 atom stereocenters. The zero-order chi connectivity index (χ0) is 14.3. The fourth-order valence-corrected chi connectivity index (χ4v) is 1.72. The van der Waals surface area contributed by atoms with Gasteiger partial charge in [0.25, 0.3) is 12.0 Å². The lowest BCUT2D eigenvalue weighted by Gasteiger charge is -2.03. The van der Waals surface area contributed by atoms with Gasteiger partial charge >= 0.3 is 0 Å². The number of hydrogen-bond acceptors (Lipinski definition) is 4. The maximum Gasteiger partial charge on any atom is 0.297 e. The van der Waals surface area contributed by atoms with Crippen LogP contribution >= 0.6 is 0 Å². The van der Waals surface area contributed by atoms with Crippen molar-refractivity contribution in [3.05, 3.63) is 46.7 Å². The van der Waals surface area contributed by atoms with E-state index in [1.54, 1.807) is 0 Å². The minimum atomic E-state index is -2.80. The van der Waals surface area contributed by atoms with E-state index in [1.807, 2.05) is 0 Å². The smallest absolute Gasteiger partial charge is 0.297 e. The Hall–Kier alpha value is -2.71. The number of nitrogens with zero attached hydrogens (tertiary/aromatic N) is 4. The molecular weight excluding hydrogens is 275 g/mol. The van der Waals surface area contributed by atoms with Crippen molar-refractivity contribution in [2.24, 2.45) is 0 Å². The zero-order valence-electron chi connectivity index (χ0n) is 9.72. The lowest BCUT2D eigenvalue weighted by Crippen LogP contribution is -2.09. The van der Waals surface area contributed by atoms with Gasteiger partial charge in [-0.25, -0.2) is 13.2 Å². The second kappa shape index (κ2) is 4.44. The van der Waals surface area contributed by atoms with Crippen LogP contribution in [0.4, 0.5) is 13.2 Å². The monoisotopic (exact) mass is 281 g/mol. The van der Waals surface area contributed by atoms with Gasteiger partial charge in [-0.05, 0) is 6.07 Å². The molecule has 0 aromatic carbocycles. The molecule has 0 saturated heterocycles. The number of rotatable bonds is 2. The van der Waals surface area contributed by atoms with E-state index in [-0.39, 0.29) is 16.9 Å². The number of fused-ring (bicyclic) bond motifs is 1. The molecule has 9 heteroatoms. The van der Waals surface area contributed by atoms with Gasteiger partial charge in [-0.1, -0.05) is 0 Å². The van der Waals surface area contributed by atoms with E-state index in [9.17, 15) is 18.0 Å². The van der Waals surface area contributed by atoms with Crippen LogP contribution in [-0.2, 0) is 0 Å². The average Bonchev–Trinajstić information content (AvgIpc) is 2.85. The summed E-state index contributed by atoms with van der Waals surface area (Å²) < 4.78 is 39.7. The largest absolute Gasteiger partial charge is 0.326 e. The summed E-state index contributed by atoms with van der Waals surface area (Å²) in [5.74, 6) is -1.52. The predicted molar refractivity (Wildman–Crippen MR) is 61.8 cm³/mol. The molecule has 0 spiro atoms. The van der Waals surface area contributed by atoms with Crippen molar-refractivity contribution in [2.75, 3.05) is 0 Å². The van der Waals surface area contributed by atoms with Gasteiger partial charge in [0.2, 0.25) is 5.82 Å². The third kappa shape index (κ3) is 1.92. The molecule has 0 radical (unpaired) electrons. The van der Waals surface area contributed by atoms with Crippen LogP contribution < -0.4 is 5.56 Å². The lowest BCUT2D eigenvalue weighted by atomic mass is 10.2. The van der Waals surface area contributed by atoms with Gasteiger partial charge in [-0.3, -0.25) is 14.2 Å². The molecule has 1 N–H and O–H groups in total. The van der Waals surface area contributed by atoms with Crippen LogP contribution in [0.3, 0.4) is 0 Å². The number of aromatic nitrogens is 5. The molecule has 0 bridgehead atoms. The Bertz CT molecular complexity index is 841. The maximum atomic E-state index is 13.2. The molecule has 0 amide bonds. The lowest BCUT2D eigenvalue weighted by molar-refractivity contribution is 0.139. The molecule has 102 valence electrons. The van der Waals surface area contributed by atoms with E-state index in [0.717, 1.165) is 10.5 Å². The van der Waals surface area contributed by atoms with Crippen LogP contribution in [0.5, 0.6) is 0 Å². The summed E-state index contributed by atoms with van der Waals surface area (Å²) in [6.07, 6.45) is 0.931. The molecule has 3 heterocycles. The van der Waals surface area contributed by atoms with Crippen LogP contribution in [0.15, 0.2) is 29.5 Å². The van der Waals surface area contributed by atoms with E-state index in [4.69, 9.17) is 0 Å². The maximum absolute atomic E-state index is 13.2.